The van der Waals surface area contributed by atoms with Gasteiger partial charge in [-0.1, -0.05) is 0 Å². The van der Waals surface area contributed by atoms with E-state index in [4.69, 9.17) is 9.84 Å². The summed E-state index contributed by atoms with van der Waals surface area (Å²) < 4.78 is 9.88. The summed E-state index contributed by atoms with van der Waals surface area (Å²) in [6.07, 6.45) is -0.627. The number of rotatable bonds is 2. The fraction of sp³-hybridized carbons (Fsp3) is 0.600. The van der Waals surface area contributed by atoms with Crippen LogP contribution < -0.4 is 5.32 Å². The summed E-state index contributed by atoms with van der Waals surface area (Å²) in [6.45, 7) is 0.721. The number of piperidine rings is 1. The molecule has 2 N–H and O–H groups in total. The molecule has 0 spiro atoms. The molecule has 92 valence electrons. The van der Waals surface area contributed by atoms with Crippen molar-refractivity contribution in [3.63, 3.8) is 0 Å². The lowest BCUT2D eigenvalue weighted by atomic mass is 9.81. The first-order valence-corrected chi connectivity index (χ1v) is 5.40. The first-order valence-electron chi connectivity index (χ1n) is 5.40. The van der Waals surface area contributed by atoms with Crippen molar-refractivity contribution in [2.45, 2.75) is 18.5 Å². The van der Waals surface area contributed by atoms with E-state index in [2.05, 4.69) is 10.1 Å². The number of hydrogen-bond acceptors (Lipinski definition) is 5. The van der Waals surface area contributed by atoms with Gasteiger partial charge in [0.15, 0.2) is 5.76 Å². The van der Waals surface area contributed by atoms with Gasteiger partial charge in [-0.05, 0) is 13.0 Å². The minimum Gasteiger partial charge on any atom is -0.495 e. The Morgan fingerprint density at radius 2 is 2.35 bits per heavy atom. The average Bonchev–Trinajstić information content (AvgIpc) is 2.59. The van der Waals surface area contributed by atoms with Gasteiger partial charge in [-0.2, -0.15) is 0 Å². The maximum Gasteiger partial charge on any atom is 0.512 e. The molecule has 0 aromatic heterocycles. The molecule has 0 aromatic rings. The second kappa shape index (κ2) is 3.36. The highest BCUT2D eigenvalue weighted by atomic mass is 16.7. The Labute approximate surface area is 97.0 Å². The molecular weight excluding hydrogens is 228 g/mol. The van der Waals surface area contributed by atoms with Crippen LogP contribution in [0, 0.1) is 5.92 Å². The van der Waals surface area contributed by atoms with Gasteiger partial charge in [-0.25, -0.2) is 4.79 Å². The zero-order valence-corrected chi connectivity index (χ0v) is 9.17. The predicted molar refractivity (Wildman–Crippen MR) is 53.7 cm³/mol. The zero-order chi connectivity index (χ0) is 12.2. The molecule has 0 saturated carbocycles. The largest absolute Gasteiger partial charge is 0.512 e. The molecule has 7 heteroatoms. The number of carbonyl (C=O) groups is 2. The van der Waals surface area contributed by atoms with Crippen LogP contribution in [0.1, 0.15) is 6.42 Å². The highest BCUT2D eigenvalue weighted by Gasteiger charge is 2.62. The van der Waals surface area contributed by atoms with Crippen molar-refractivity contribution in [3.8, 4) is 0 Å². The van der Waals surface area contributed by atoms with E-state index < -0.39 is 6.16 Å². The third-order valence-corrected chi connectivity index (χ3v) is 3.55. The number of amides is 1. The lowest BCUT2D eigenvalue weighted by molar-refractivity contribution is -0.152. The highest BCUT2D eigenvalue weighted by Crippen LogP contribution is 2.46. The van der Waals surface area contributed by atoms with Gasteiger partial charge in [0.1, 0.15) is 6.04 Å². The van der Waals surface area contributed by atoms with E-state index >= 15 is 0 Å². The molecule has 17 heavy (non-hydrogen) atoms. The Hall–Kier alpha value is -1.76. The lowest BCUT2D eigenvalue weighted by Gasteiger charge is -2.47. The van der Waals surface area contributed by atoms with Crippen molar-refractivity contribution in [3.05, 3.63) is 11.6 Å². The molecular formula is C10H12N2O5. The standard InChI is InChI=1S/C10H12N2O5/c1-16-7-4-2-3-11-5-6(4)12(8(5)13)9(7)17-10(14)15/h4-6,11H,2-3H2,1H3,(H,14,15)/t4?,5-,6+/m0/s1. The smallest absolute Gasteiger partial charge is 0.495 e. The van der Waals surface area contributed by atoms with E-state index in [9.17, 15) is 9.59 Å². The average molecular weight is 240 g/mol. The maximum absolute atomic E-state index is 11.8. The van der Waals surface area contributed by atoms with Crippen molar-refractivity contribution in [1.29, 1.82) is 0 Å². The molecule has 1 unspecified atom stereocenters. The van der Waals surface area contributed by atoms with E-state index in [0.717, 1.165) is 13.0 Å². The van der Waals surface area contributed by atoms with E-state index in [1.54, 1.807) is 0 Å². The van der Waals surface area contributed by atoms with Crippen LogP contribution in [0.3, 0.4) is 0 Å². The number of hydrogen-bond donors (Lipinski definition) is 2. The SMILES string of the molecule is COC1=C(OC(=O)O)N2C(=O)[C@H]3NCCC1[C@H]32. The summed E-state index contributed by atoms with van der Waals surface area (Å²) in [5.41, 5.74) is 0. The van der Waals surface area contributed by atoms with Crippen LogP contribution >= 0.6 is 0 Å². The lowest BCUT2D eigenvalue weighted by Crippen LogP contribution is -2.71. The first-order chi connectivity index (χ1) is 8.15. The summed E-state index contributed by atoms with van der Waals surface area (Å²) >= 11 is 0. The van der Waals surface area contributed by atoms with Crippen LogP contribution in [0.15, 0.2) is 11.6 Å². The monoisotopic (exact) mass is 240 g/mol. The number of ether oxygens (including phenoxy) is 2. The second-order valence-corrected chi connectivity index (χ2v) is 4.27. The number of carbonyl (C=O) groups excluding carboxylic acids is 1. The topological polar surface area (TPSA) is 88.1 Å². The number of nitrogens with one attached hydrogen (secondary N) is 1. The Bertz CT molecular complexity index is 432. The summed E-state index contributed by atoms with van der Waals surface area (Å²) in [6, 6.07) is -0.283. The fourth-order valence-corrected chi connectivity index (χ4v) is 2.92. The van der Waals surface area contributed by atoms with Crippen LogP contribution in [0.5, 0.6) is 0 Å². The van der Waals surface area contributed by atoms with Crippen molar-refractivity contribution < 1.29 is 24.2 Å². The predicted octanol–water partition coefficient (Wildman–Crippen LogP) is -0.301. The molecule has 3 atom stereocenters. The number of β-lactam (4-membered cyclic amide) rings is 1. The summed E-state index contributed by atoms with van der Waals surface area (Å²) in [7, 11) is 1.47. The van der Waals surface area contributed by atoms with Crippen LogP contribution in [-0.4, -0.2) is 47.8 Å². The molecule has 3 rings (SSSR count). The highest BCUT2D eigenvalue weighted by molar-refractivity contribution is 5.92. The van der Waals surface area contributed by atoms with Gasteiger partial charge in [-0.15, -0.1) is 0 Å². The van der Waals surface area contributed by atoms with Gasteiger partial charge in [0, 0.05) is 5.92 Å². The van der Waals surface area contributed by atoms with Gasteiger partial charge in [0.25, 0.3) is 0 Å². The molecule has 1 amide bonds. The molecule has 0 radical (unpaired) electrons. The molecule has 3 heterocycles. The van der Waals surface area contributed by atoms with Gasteiger partial charge in [0.05, 0.1) is 13.2 Å². The Morgan fingerprint density at radius 3 is 3.00 bits per heavy atom. The van der Waals surface area contributed by atoms with E-state index in [1.807, 2.05) is 0 Å². The Kier molecular flexibility index (Phi) is 2.06. The van der Waals surface area contributed by atoms with Crippen LogP contribution in [0.25, 0.3) is 0 Å². The van der Waals surface area contributed by atoms with E-state index in [0.29, 0.717) is 5.76 Å². The summed E-state index contributed by atoms with van der Waals surface area (Å²) in [5.74, 6) is 0.399. The molecule has 0 bridgehead atoms. The van der Waals surface area contributed by atoms with Gasteiger partial charge in [-0.3, -0.25) is 9.69 Å². The van der Waals surface area contributed by atoms with Crippen LogP contribution in [-0.2, 0) is 14.3 Å². The number of carboxylic acid groups (broad SMARTS) is 1. The van der Waals surface area contributed by atoms with Crippen LogP contribution in [0.2, 0.25) is 0 Å². The molecule has 3 aliphatic heterocycles. The Morgan fingerprint density at radius 1 is 1.59 bits per heavy atom. The van der Waals surface area contributed by atoms with Gasteiger partial charge >= 0.3 is 6.16 Å². The second-order valence-electron chi connectivity index (χ2n) is 4.27. The van der Waals surface area contributed by atoms with Crippen LogP contribution in [0.4, 0.5) is 4.79 Å². The van der Waals surface area contributed by atoms with Gasteiger partial charge in [0.2, 0.25) is 11.8 Å². The summed E-state index contributed by atoms with van der Waals surface area (Å²) in [5, 5.41) is 11.8. The van der Waals surface area contributed by atoms with Crippen molar-refractivity contribution in [1.82, 2.24) is 10.2 Å². The van der Waals surface area contributed by atoms with Crippen molar-refractivity contribution in [2.75, 3.05) is 13.7 Å². The molecule has 2 saturated heterocycles. The zero-order valence-electron chi connectivity index (χ0n) is 9.17. The number of methoxy groups -OCH3 is 1. The maximum atomic E-state index is 11.8. The third kappa shape index (κ3) is 1.20. The molecule has 2 fully saturated rings. The van der Waals surface area contributed by atoms with E-state index in [1.165, 1.54) is 12.0 Å². The third-order valence-electron chi connectivity index (χ3n) is 3.55. The number of nitrogens with zero attached hydrogens (tertiary/aromatic N) is 1. The molecule has 3 aliphatic rings. The molecule has 0 aliphatic carbocycles. The van der Waals surface area contributed by atoms with Crippen molar-refractivity contribution >= 4 is 12.1 Å². The minimum absolute atomic E-state index is 0.0401. The van der Waals surface area contributed by atoms with Crippen molar-refractivity contribution in [2.24, 2.45) is 5.92 Å². The summed E-state index contributed by atoms with van der Waals surface area (Å²) in [4.78, 5) is 23.8. The normalized spacial score (nSPS) is 34.3. The minimum atomic E-state index is -1.43. The molecule has 7 nitrogen and oxygen atoms in total. The molecule has 0 aromatic carbocycles. The van der Waals surface area contributed by atoms with Gasteiger partial charge < -0.3 is 19.9 Å². The fourth-order valence-electron chi connectivity index (χ4n) is 2.92. The quantitative estimate of drug-likeness (QED) is 0.509. The first kappa shape index (κ1) is 10.4. The Balaban J connectivity index is 1.98. The van der Waals surface area contributed by atoms with E-state index in [-0.39, 0.29) is 29.8 Å².